The molecular formula is C14H24N4. The number of aromatic nitrogens is 2. The van der Waals surface area contributed by atoms with Crippen molar-refractivity contribution in [3.8, 4) is 0 Å². The van der Waals surface area contributed by atoms with E-state index in [-0.39, 0.29) is 5.54 Å². The Balaban J connectivity index is 2.33. The van der Waals surface area contributed by atoms with E-state index in [0.717, 1.165) is 0 Å². The van der Waals surface area contributed by atoms with Gasteiger partial charge in [-0.15, -0.1) is 0 Å². The van der Waals surface area contributed by atoms with Gasteiger partial charge in [0.05, 0.1) is 6.04 Å². The highest BCUT2D eigenvalue weighted by molar-refractivity contribution is 5.17. The molecule has 1 fully saturated rings. The van der Waals surface area contributed by atoms with Crippen molar-refractivity contribution in [3.05, 3.63) is 24.3 Å². The summed E-state index contributed by atoms with van der Waals surface area (Å²) in [5.41, 5.74) is 1.38. The highest BCUT2D eigenvalue weighted by atomic mass is 15.2. The highest BCUT2D eigenvalue weighted by Crippen LogP contribution is 2.41. The largest absolute Gasteiger partial charge is 0.311 e. The average Bonchev–Trinajstić information content (AvgIpc) is 2.41. The monoisotopic (exact) mass is 248 g/mol. The minimum Gasteiger partial charge on any atom is -0.311 e. The van der Waals surface area contributed by atoms with Gasteiger partial charge >= 0.3 is 0 Å². The van der Waals surface area contributed by atoms with Crippen molar-refractivity contribution in [1.29, 1.82) is 0 Å². The van der Waals surface area contributed by atoms with Crippen molar-refractivity contribution in [2.45, 2.75) is 43.7 Å². The molecule has 1 aliphatic rings. The van der Waals surface area contributed by atoms with E-state index >= 15 is 0 Å². The summed E-state index contributed by atoms with van der Waals surface area (Å²) >= 11 is 0. The maximum atomic E-state index is 4.17. The van der Waals surface area contributed by atoms with E-state index in [0.29, 0.717) is 6.04 Å². The Morgan fingerprint density at radius 2 is 1.78 bits per heavy atom. The lowest BCUT2D eigenvalue weighted by Gasteiger charge is -2.48. The van der Waals surface area contributed by atoms with Crippen molar-refractivity contribution in [1.82, 2.24) is 20.2 Å². The SMILES string of the molecule is CNC(c1cncnc1)C1(N(C)C)CCCCC1. The van der Waals surface area contributed by atoms with Gasteiger partial charge in [-0.3, -0.25) is 0 Å². The molecule has 0 bridgehead atoms. The molecule has 1 saturated carbocycles. The molecule has 1 aromatic heterocycles. The second kappa shape index (κ2) is 5.76. The average molecular weight is 248 g/mol. The molecule has 18 heavy (non-hydrogen) atoms. The lowest BCUT2D eigenvalue weighted by molar-refractivity contribution is 0.0591. The van der Waals surface area contributed by atoms with E-state index < -0.39 is 0 Å². The van der Waals surface area contributed by atoms with Gasteiger partial charge in [0.2, 0.25) is 0 Å². The zero-order valence-electron chi connectivity index (χ0n) is 11.7. The van der Waals surface area contributed by atoms with E-state index in [9.17, 15) is 0 Å². The third-order valence-corrected chi connectivity index (χ3v) is 4.35. The van der Waals surface area contributed by atoms with Crippen LogP contribution in [0.1, 0.15) is 43.7 Å². The fraction of sp³-hybridized carbons (Fsp3) is 0.714. The van der Waals surface area contributed by atoms with Crippen LogP contribution in [0.15, 0.2) is 18.7 Å². The van der Waals surface area contributed by atoms with Gasteiger partial charge < -0.3 is 10.2 Å². The predicted octanol–water partition coefficient (Wildman–Crippen LogP) is 2.00. The van der Waals surface area contributed by atoms with Gasteiger partial charge in [-0.05, 0) is 34.0 Å². The molecule has 0 amide bonds. The van der Waals surface area contributed by atoms with Crippen molar-refractivity contribution >= 4 is 0 Å². The van der Waals surface area contributed by atoms with Gasteiger partial charge in [0.25, 0.3) is 0 Å². The number of rotatable bonds is 4. The quantitative estimate of drug-likeness (QED) is 0.885. The molecule has 1 heterocycles. The number of hydrogen-bond donors (Lipinski definition) is 1. The van der Waals surface area contributed by atoms with Crippen LogP contribution in [-0.2, 0) is 0 Å². The molecule has 0 aliphatic heterocycles. The van der Waals surface area contributed by atoms with Crippen molar-refractivity contribution in [3.63, 3.8) is 0 Å². The fourth-order valence-corrected chi connectivity index (χ4v) is 3.36. The summed E-state index contributed by atoms with van der Waals surface area (Å²) in [5.74, 6) is 0. The molecule has 4 nitrogen and oxygen atoms in total. The number of hydrogen-bond acceptors (Lipinski definition) is 4. The highest BCUT2D eigenvalue weighted by Gasteiger charge is 2.41. The molecule has 4 heteroatoms. The summed E-state index contributed by atoms with van der Waals surface area (Å²) in [4.78, 5) is 10.7. The number of likely N-dealkylation sites (N-methyl/N-ethyl adjacent to an activating group) is 2. The smallest absolute Gasteiger partial charge is 0.115 e. The second-order valence-electron chi connectivity index (χ2n) is 5.45. The van der Waals surface area contributed by atoms with Crippen LogP contribution < -0.4 is 5.32 Å². The van der Waals surface area contributed by atoms with Gasteiger partial charge in [-0.1, -0.05) is 19.3 Å². The van der Waals surface area contributed by atoms with Gasteiger partial charge in [0, 0.05) is 23.5 Å². The minimum absolute atomic E-state index is 0.192. The van der Waals surface area contributed by atoms with Crippen LogP contribution in [0.3, 0.4) is 0 Å². The molecule has 0 saturated heterocycles. The molecule has 1 atom stereocenters. The first-order chi connectivity index (χ1) is 8.70. The van der Waals surface area contributed by atoms with E-state index in [1.165, 1.54) is 37.7 Å². The number of nitrogens with one attached hydrogen (secondary N) is 1. The first kappa shape index (κ1) is 13.4. The molecule has 1 aromatic rings. The van der Waals surface area contributed by atoms with Gasteiger partial charge in [-0.25, -0.2) is 9.97 Å². The standard InChI is InChI=1S/C14H24N4/c1-15-13(12-9-16-11-17-10-12)14(18(2)3)7-5-4-6-8-14/h9-11,13,15H,4-8H2,1-3H3. The second-order valence-corrected chi connectivity index (χ2v) is 5.45. The van der Waals surface area contributed by atoms with Crippen LogP contribution in [0.4, 0.5) is 0 Å². The predicted molar refractivity (Wildman–Crippen MR) is 73.3 cm³/mol. The van der Waals surface area contributed by atoms with E-state index in [4.69, 9.17) is 0 Å². The van der Waals surface area contributed by atoms with Gasteiger partial charge in [-0.2, -0.15) is 0 Å². The Morgan fingerprint density at radius 1 is 1.17 bits per heavy atom. The summed E-state index contributed by atoms with van der Waals surface area (Å²) in [6.07, 6.45) is 11.9. The molecule has 0 radical (unpaired) electrons. The van der Waals surface area contributed by atoms with Gasteiger partial charge in [0.15, 0.2) is 0 Å². The summed E-state index contributed by atoms with van der Waals surface area (Å²) < 4.78 is 0. The summed E-state index contributed by atoms with van der Waals surface area (Å²) in [6.45, 7) is 0. The minimum atomic E-state index is 0.192. The van der Waals surface area contributed by atoms with Crippen molar-refractivity contribution < 1.29 is 0 Å². The molecule has 1 N–H and O–H groups in total. The van der Waals surface area contributed by atoms with Crippen LogP contribution >= 0.6 is 0 Å². The van der Waals surface area contributed by atoms with Crippen LogP contribution in [-0.4, -0.2) is 41.5 Å². The Hall–Kier alpha value is -1.00. The van der Waals surface area contributed by atoms with Crippen LogP contribution in [0.5, 0.6) is 0 Å². The Morgan fingerprint density at radius 3 is 2.28 bits per heavy atom. The van der Waals surface area contributed by atoms with Crippen LogP contribution in [0.2, 0.25) is 0 Å². The van der Waals surface area contributed by atoms with Crippen molar-refractivity contribution in [2.24, 2.45) is 0 Å². The molecule has 1 aliphatic carbocycles. The normalized spacial score (nSPS) is 20.9. The molecule has 1 unspecified atom stereocenters. The Labute approximate surface area is 110 Å². The molecule has 2 rings (SSSR count). The van der Waals surface area contributed by atoms with Crippen LogP contribution in [0.25, 0.3) is 0 Å². The molecule has 0 aromatic carbocycles. The topological polar surface area (TPSA) is 41.1 Å². The molecule has 100 valence electrons. The molecule has 0 spiro atoms. The van der Waals surface area contributed by atoms with E-state index in [1.54, 1.807) is 6.33 Å². The molecular weight excluding hydrogens is 224 g/mol. The third-order valence-electron chi connectivity index (χ3n) is 4.35. The summed E-state index contributed by atoms with van der Waals surface area (Å²) in [7, 11) is 6.43. The van der Waals surface area contributed by atoms with Gasteiger partial charge in [0.1, 0.15) is 6.33 Å². The van der Waals surface area contributed by atoms with E-state index in [1.807, 2.05) is 19.4 Å². The lowest BCUT2D eigenvalue weighted by atomic mass is 9.73. The zero-order valence-corrected chi connectivity index (χ0v) is 11.7. The number of nitrogens with zero attached hydrogens (tertiary/aromatic N) is 3. The Bertz CT molecular complexity index is 357. The van der Waals surface area contributed by atoms with Crippen LogP contribution in [0, 0.1) is 0 Å². The maximum absolute atomic E-state index is 4.17. The summed E-state index contributed by atoms with van der Waals surface area (Å²) in [6, 6.07) is 0.300. The first-order valence-corrected chi connectivity index (χ1v) is 6.80. The van der Waals surface area contributed by atoms with Crippen molar-refractivity contribution in [2.75, 3.05) is 21.1 Å². The first-order valence-electron chi connectivity index (χ1n) is 6.80. The zero-order chi connectivity index (χ0) is 13.0. The Kier molecular flexibility index (Phi) is 4.30. The van der Waals surface area contributed by atoms with E-state index in [2.05, 4.69) is 34.3 Å². The fourth-order valence-electron chi connectivity index (χ4n) is 3.36. The lowest BCUT2D eigenvalue weighted by Crippen LogP contribution is -2.54. The maximum Gasteiger partial charge on any atom is 0.115 e. The third kappa shape index (κ3) is 2.40. The summed E-state index contributed by atoms with van der Waals surface area (Å²) in [5, 5.41) is 3.49.